The lowest BCUT2D eigenvalue weighted by atomic mass is 9.75. The van der Waals surface area contributed by atoms with Crippen LogP contribution in [-0.2, 0) is 4.79 Å². The number of rotatable bonds is 2. The van der Waals surface area contributed by atoms with Crippen molar-refractivity contribution in [2.45, 2.75) is 24.8 Å². The van der Waals surface area contributed by atoms with Crippen molar-refractivity contribution in [3.8, 4) is 6.07 Å². The molecule has 1 saturated heterocycles. The average Bonchev–Trinajstić information content (AvgIpc) is 2.89. The molecule has 0 bridgehead atoms. The third kappa shape index (κ3) is 2.09. The zero-order chi connectivity index (χ0) is 18.3. The van der Waals surface area contributed by atoms with Crippen molar-refractivity contribution in [2.75, 3.05) is 9.80 Å². The smallest absolute Gasteiger partial charge is 0.278 e. The summed E-state index contributed by atoms with van der Waals surface area (Å²) in [5.41, 5.74) is 1.19. The Morgan fingerprint density at radius 1 is 1.00 bits per heavy atom. The summed E-state index contributed by atoms with van der Waals surface area (Å²) < 4.78 is 0. The number of imide groups is 1. The summed E-state index contributed by atoms with van der Waals surface area (Å²) in [5.74, 6) is -0.228. The second-order valence-electron chi connectivity index (χ2n) is 6.43. The number of nitriles is 1. The van der Waals surface area contributed by atoms with E-state index in [9.17, 15) is 9.59 Å². The molecule has 2 aromatic rings. The van der Waals surface area contributed by atoms with Crippen molar-refractivity contribution >= 4 is 29.0 Å². The van der Waals surface area contributed by atoms with Gasteiger partial charge in [0.2, 0.25) is 0 Å². The third-order valence-electron chi connectivity index (χ3n) is 5.08. The molecule has 4 rings (SSSR count). The molecular weight excluding hydrogens is 328 g/mol. The Labute approximate surface area is 150 Å². The molecule has 0 radical (unpaired) electrons. The van der Waals surface area contributed by atoms with E-state index in [1.54, 1.807) is 53.4 Å². The van der Waals surface area contributed by atoms with E-state index in [0.717, 1.165) is 6.42 Å². The first-order valence-electron chi connectivity index (χ1n) is 8.27. The highest BCUT2D eigenvalue weighted by Gasteiger charge is 2.61. The van der Waals surface area contributed by atoms with Gasteiger partial charge in [0.15, 0.2) is 5.69 Å². The molecule has 0 unspecified atom stereocenters. The minimum atomic E-state index is -0.844. The van der Waals surface area contributed by atoms with Crippen molar-refractivity contribution in [1.82, 2.24) is 0 Å². The molecule has 3 amide bonds. The Bertz CT molecular complexity index is 976. The van der Waals surface area contributed by atoms with Gasteiger partial charge < -0.3 is 0 Å². The molecule has 2 aromatic carbocycles. The van der Waals surface area contributed by atoms with Crippen LogP contribution in [-0.4, -0.2) is 17.5 Å². The Balaban J connectivity index is 1.77. The van der Waals surface area contributed by atoms with E-state index in [1.165, 1.54) is 4.90 Å². The minimum absolute atomic E-state index is 0.228. The van der Waals surface area contributed by atoms with Crippen molar-refractivity contribution in [1.29, 1.82) is 5.26 Å². The first-order valence-corrected chi connectivity index (χ1v) is 8.27. The summed E-state index contributed by atoms with van der Waals surface area (Å²) >= 11 is 0. The van der Waals surface area contributed by atoms with Gasteiger partial charge in [0.1, 0.15) is 5.54 Å². The zero-order valence-electron chi connectivity index (χ0n) is 13.8. The summed E-state index contributed by atoms with van der Waals surface area (Å²) in [7, 11) is 0. The normalized spacial score (nSPS) is 17.8. The summed E-state index contributed by atoms with van der Waals surface area (Å²) in [4.78, 5) is 32.4. The lowest BCUT2D eigenvalue weighted by Gasteiger charge is -2.42. The first-order chi connectivity index (χ1) is 12.6. The molecule has 1 spiro atoms. The van der Waals surface area contributed by atoms with Gasteiger partial charge in [-0.15, -0.1) is 0 Å². The van der Waals surface area contributed by atoms with E-state index < -0.39 is 11.6 Å². The van der Waals surface area contributed by atoms with Crippen LogP contribution in [0.2, 0.25) is 0 Å². The Morgan fingerprint density at radius 3 is 2.12 bits per heavy atom. The van der Waals surface area contributed by atoms with Gasteiger partial charge in [0.05, 0.1) is 23.9 Å². The molecular formula is C20H14N4O2. The molecule has 0 atom stereocenters. The van der Waals surface area contributed by atoms with Gasteiger partial charge >= 0.3 is 6.03 Å². The molecule has 6 nitrogen and oxygen atoms in total. The zero-order valence-corrected chi connectivity index (χ0v) is 13.8. The fraction of sp³-hybridized carbons (Fsp3) is 0.200. The third-order valence-corrected chi connectivity index (χ3v) is 5.08. The number of amides is 3. The molecule has 0 aromatic heterocycles. The van der Waals surface area contributed by atoms with E-state index in [1.807, 2.05) is 0 Å². The largest absolute Gasteiger partial charge is 0.336 e. The molecule has 1 heterocycles. The molecule has 2 fully saturated rings. The van der Waals surface area contributed by atoms with Crippen LogP contribution >= 0.6 is 0 Å². The van der Waals surface area contributed by atoms with Crippen LogP contribution < -0.4 is 9.80 Å². The van der Waals surface area contributed by atoms with Crippen LogP contribution in [0.1, 0.15) is 24.8 Å². The molecule has 0 N–H and O–H groups in total. The quantitative estimate of drug-likeness (QED) is 0.612. The topological polar surface area (TPSA) is 68.8 Å². The van der Waals surface area contributed by atoms with Gasteiger partial charge in [-0.1, -0.05) is 12.1 Å². The number of nitrogens with zero attached hydrogens (tertiary/aromatic N) is 4. The summed E-state index contributed by atoms with van der Waals surface area (Å²) in [5, 5.41) is 8.97. The Morgan fingerprint density at radius 2 is 1.62 bits per heavy atom. The van der Waals surface area contributed by atoms with Gasteiger partial charge in [-0.05, 0) is 55.7 Å². The standard InChI is InChI=1S/C20H14N4O2/c1-22-15-5-9-16(10-6-15)23-18(25)20(11-2-12-20)24(19(23)26)17-7-3-14(13-21)4-8-17/h3-10H,2,11-12H2. The SMILES string of the molecule is [C-]#[N+]c1ccc(N2C(=O)N(c3ccc(C#N)cc3)C3(CCC3)C2=O)cc1. The molecule has 1 aliphatic heterocycles. The number of carbonyl (C=O) groups excluding carboxylic acids is 2. The van der Waals surface area contributed by atoms with Crippen molar-refractivity contribution in [2.24, 2.45) is 0 Å². The summed E-state index contributed by atoms with van der Waals surface area (Å²) in [6, 6.07) is 14.8. The summed E-state index contributed by atoms with van der Waals surface area (Å²) in [6.45, 7) is 7.03. The lowest BCUT2D eigenvalue weighted by Crippen LogP contribution is -2.55. The van der Waals surface area contributed by atoms with Gasteiger partial charge in [-0.25, -0.2) is 14.5 Å². The lowest BCUT2D eigenvalue weighted by molar-refractivity contribution is -0.123. The molecule has 1 saturated carbocycles. The van der Waals surface area contributed by atoms with Crippen LogP contribution in [0.5, 0.6) is 0 Å². The number of urea groups is 1. The second-order valence-corrected chi connectivity index (χ2v) is 6.43. The van der Waals surface area contributed by atoms with Crippen LogP contribution in [0.25, 0.3) is 4.85 Å². The number of hydrogen-bond donors (Lipinski definition) is 0. The van der Waals surface area contributed by atoms with Gasteiger partial charge in [-0.3, -0.25) is 9.69 Å². The number of benzene rings is 2. The van der Waals surface area contributed by atoms with Crippen LogP contribution in [0.15, 0.2) is 48.5 Å². The molecule has 1 aliphatic carbocycles. The van der Waals surface area contributed by atoms with E-state index in [2.05, 4.69) is 10.9 Å². The second kappa shape index (κ2) is 5.72. The Hall–Kier alpha value is -3.64. The number of hydrogen-bond acceptors (Lipinski definition) is 3. The van der Waals surface area contributed by atoms with E-state index in [-0.39, 0.29) is 5.91 Å². The maximum absolute atomic E-state index is 13.1. The molecule has 26 heavy (non-hydrogen) atoms. The van der Waals surface area contributed by atoms with Crippen LogP contribution in [0.4, 0.5) is 21.9 Å². The van der Waals surface area contributed by atoms with Crippen molar-refractivity contribution in [3.63, 3.8) is 0 Å². The van der Waals surface area contributed by atoms with Crippen LogP contribution in [0, 0.1) is 17.9 Å². The van der Waals surface area contributed by atoms with Crippen molar-refractivity contribution < 1.29 is 9.59 Å². The monoisotopic (exact) mass is 342 g/mol. The minimum Gasteiger partial charge on any atom is -0.278 e. The van der Waals surface area contributed by atoms with E-state index in [0.29, 0.717) is 35.5 Å². The van der Waals surface area contributed by atoms with Gasteiger partial charge in [0.25, 0.3) is 5.91 Å². The fourth-order valence-electron chi connectivity index (χ4n) is 3.57. The molecule has 6 heteroatoms. The van der Waals surface area contributed by atoms with Crippen LogP contribution in [0.3, 0.4) is 0 Å². The highest BCUT2D eigenvalue weighted by atomic mass is 16.2. The first kappa shape index (κ1) is 15.9. The highest BCUT2D eigenvalue weighted by molar-refractivity contribution is 6.30. The summed E-state index contributed by atoms with van der Waals surface area (Å²) in [6.07, 6.45) is 2.12. The average molecular weight is 342 g/mol. The van der Waals surface area contributed by atoms with Gasteiger partial charge in [-0.2, -0.15) is 5.26 Å². The number of carbonyl (C=O) groups is 2. The molecule has 126 valence electrons. The Kier molecular flexibility index (Phi) is 3.49. The van der Waals surface area contributed by atoms with Crippen molar-refractivity contribution in [3.05, 3.63) is 65.5 Å². The van der Waals surface area contributed by atoms with E-state index in [4.69, 9.17) is 11.8 Å². The number of anilines is 2. The highest BCUT2D eigenvalue weighted by Crippen LogP contribution is 2.47. The predicted octanol–water partition coefficient (Wildman–Crippen LogP) is 4.00. The van der Waals surface area contributed by atoms with E-state index >= 15 is 0 Å². The molecule has 2 aliphatic rings. The predicted molar refractivity (Wildman–Crippen MR) is 95.8 cm³/mol. The maximum atomic E-state index is 13.1. The fourth-order valence-corrected chi connectivity index (χ4v) is 3.57. The van der Waals surface area contributed by atoms with Gasteiger partial charge in [0, 0.05) is 5.69 Å². The maximum Gasteiger partial charge on any atom is 0.336 e.